The topological polar surface area (TPSA) is 27.1 Å². The molecule has 28 heavy (non-hydrogen) atoms. The van der Waals surface area contributed by atoms with Gasteiger partial charge in [-0.25, -0.2) is 0 Å². The number of pyridine rings is 1. The lowest BCUT2D eigenvalue weighted by Crippen LogP contribution is -2.07. The van der Waals surface area contributed by atoms with Gasteiger partial charge in [-0.05, 0) is 56.5 Å². The average molecular weight is 370 g/mol. The smallest absolute Gasteiger partial charge is 0.132 e. The minimum absolute atomic E-state index is 0.457. The van der Waals surface area contributed by atoms with Crippen molar-refractivity contribution in [3.8, 4) is 5.75 Å². The molecule has 0 aliphatic rings. The van der Waals surface area contributed by atoms with Crippen molar-refractivity contribution in [2.45, 2.75) is 40.8 Å². The SMILES string of the molecule is Cc1ccc(OCc2nccc3c(C)c(C)n(Cc4ccccc4)c23)c(C)c1. The van der Waals surface area contributed by atoms with Crippen molar-refractivity contribution in [3.05, 3.63) is 94.4 Å². The van der Waals surface area contributed by atoms with Gasteiger partial charge in [0.1, 0.15) is 18.1 Å². The lowest BCUT2D eigenvalue weighted by atomic mass is 10.1. The van der Waals surface area contributed by atoms with E-state index in [1.807, 2.05) is 12.3 Å². The van der Waals surface area contributed by atoms with Gasteiger partial charge in [0.2, 0.25) is 0 Å². The highest BCUT2D eigenvalue weighted by Crippen LogP contribution is 2.29. The zero-order valence-corrected chi connectivity index (χ0v) is 17.0. The number of aromatic nitrogens is 2. The fourth-order valence-corrected chi connectivity index (χ4v) is 3.84. The summed E-state index contributed by atoms with van der Waals surface area (Å²) in [5.41, 5.74) is 8.41. The molecule has 2 heterocycles. The third-order valence-corrected chi connectivity index (χ3v) is 5.50. The zero-order chi connectivity index (χ0) is 19.7. The van der Waals surface area contributed by atoms with Gasteiger partial charge in [0, 0.05) is 23.8 Å². The molecule has 0 bridgehead atoms. The lowest BCUT2D eigenvalue weighted by molar-refractivity contribution is 0.300. The Hall–Kier alpha value is -3.07. The first-order chi connectivity index (χ1) is 13.5. The second-order valence-electron chi connectivity index (χ2n) is 7.49. The van der Waals surface area contributed by atoms with Crippen LogP contribution in [0.4, 0.5) is 0 Å². The molecule has 0 radical (unpaired) electrons. The Balaban J connectivity index is 1.73. The summed E-state index contributed by atoms with van der Waals surface area (Å²) in [6, 6.07) is 19.0. The third-order valence-electron chi connectivity index (χ3n) is 5.50. The van der Waals surface area contributed by atoms with E-state index in [1.165, 1.54) is 33.3 Å². The van der Waals surface area contributed by atoms with E-state index >= 15 is 0 Å². The number of fused-ring (bicyclic) bond motifs is 1. The van der Waals surface area contributed by atoms with Crippen LogP contribution in [0.2, 0.25) is 0 Å². The number of rotatable bonds is 5. The van der Waals surface area contributed by atoms with Crippen LogP contribution in [0.1, 0.15) is 33.6 Å². The van der Waals surface area contributed by atoms with E-state index < -0.39 is 0 Å². The van der Waals surface area contributed by atoms with E-state index in [0.29, 0.717) is 6.61 Å². The Labute approximate surface area is 166 Å². The van der Waals surface area contributed by atoms with Crippen molar-refractivity contribution < 1.29 is 4.74 Å². The Morgan fingerprint density at radius 1 is 0.929 bits per heavy atom. The summed E-state index contributed by atoms with van der Waals surface area (Å²) in [7, 11) is 0. The summed E-state index contributed by atoms with van der Waals surface area (Å²) >= 11 is 0. The predicted molar refractivity (Wildman–Crippen MR) is 115 cm³/mol. The minimum atomic E-state index is 0.457. The second-order valence-corrected chi connectivity index (χ2v) is 7.49. The number of hydrogen-bond acceptors (Lipinski definition) is 2. The van der Waals surface area contributed by atoms with Crippen molar-refractivity contribution in [1.29, 1.82) is 0 Å². The molecule has 0 saturated heterocycles. The summed E-state index contributed by atoms with van der Waals surface area (Å²) in [4.78, 5) is 4.68. The molecule has 3 heteroatoms. The van der Waals surface area contributed by atoms with Gasteiger partial charge in [-0.3, -0.25) is 4.98 Å². The molecule has 0 aliphatic carbocycles. The fourth-order valence-electron chi connectivity index (χ4n) is 3.84. The highest BCUT2D eigenvalue weighted by atomic mass is 16.5. The predicted octanol–water partition coefficient (Wildman–Crippen LogP) is 5.90. The Bertz CT molecular complexity index is 1130. The van der Waals surface area contributed by atoms with Crippen molar-refractivity contribution in [1.82, 2.24) is 9.55 Å². The third kappa shape index (κ3) is 3.40. The first-order valence-electron chi connectivity index (χ1n) is 9.72. The molecule has 4 rings (SSSR count). The first kappa shape index (κ1) is 18.3. The first-order valence-corrected chi connectivity index (χ1v) is 9.72. The van der Waals surface area contributed by atoms with Gasteiger partial charge >= 0.3 is 0 Å². The van der Waals surface area contributed by atoms with Crippen molar-refractivity contribution >= 4 is 10.9 Å². The van der Waals surface area contributed by atoms with Crippen LogP contribution in [-0.2, 0) is 13.2 Å². The minimum Gasteiger partial charge on any atom is -0.487 e. The van der Waals surface area contributed by atoms with Gasteiger partial charge < -0.3 is 9.30 Å². The van der Waals surface area contributed by atoms with E-state index in [4.69, 9.17) is 4.74 Å². The van der Waals surface area contributed by atoms with Crippen LogP contribution in [0.3, 0.4) is 0 Å². The summed E-state index contributed by atoms with van der Waals surface area (Å²) in [5.74, 6) is 0.916. The molecule has 0 unspecified atom stereocenters. The molecule has 142 valence electrons. The number of aryl methyl sites for hydroxylation is 3. The van der Waals surface area contributed by atoms with Gasteiger partial charge in [-0.2, -0.15) is 0 Å². The monoisotopic (exact) mass is 370 g/mol. The van der Waals surface area contributed by atoms with Crippen molar-refractivity contribution in [2.24, 2.45) is 0 Å². The number of ether oxygens (including phenoxy) is 1. The van der Waals surface area contributed by atoms with Gasteiger partial charge in [0.05, 0.1) is 5.52 Å². The van der Waals surface area contributed by atoms with Crippen LogP contribution in [0.25, 0.3) is 10.9 Å². The molecule has 0 spiro atoms. The average Bonchev–Trinajstić information content (AvgIpc) is 2.94. The van der Waals surface area contributed by atoms with E-state index in [0.717, 1.165) is 23.6 Å². The van der Waals surface area contributed by atoms with E-state index in [9.17, 15) is 0 Å². The van der Waals surface area contributed by atoms with Crippen LogP contribution in [-0.4, -0.2) is 9.55 Å². The Morgan fingerprint density at radius 2 is 1.71 bits per heavy atom. The molecule has 0 aliphatic heterocycles. The highest BCUT2D eigenvalue weighted by Gasteiger charge is 2.16. The summed E-state index contributed by atoms with van der Waals surface area (Å²) in [6.45, 7) is 9.85. The lowest BCUT2D eigenvalue weighted by Gasteiger charge is -2.13. The van der Waals surface area contributed by atoms with E-state index in [2.05, 4.69) is 85.8 Å². The van der Waals surface area contributed by atoms with Crippen LogP contribution >= 0.6 is 0 Å². The summed E-state index contributed by atoms with van der Waals surface area (Å²) in [5, 5.41) is 1.25. The Kier molecular flexibility index (Phi) is 4.91. The van der Waals surface area contributed by atoms with E-state index in [1.54, 1.807) is 0 Å². The maximum Gasteiger partial charge on any atom is 0.132 e. The molecule has 0 saturated carbocycles. The molecule has 2 aromatic carbocycles. The molecule has 2 aromatic heterocycles. The molecule has 0 amide bonds. The number of benzene rings is 2. The molecular weight excluding hydrogens is 344 g/mol. The number of nitrogens with zero attached hydrogens (tertiary/aromatic N) is 2. The summed E-state index contributed by atoms with van der Waals surface area (Å²) < 4.78 is 8.53. The zero-order valence-electron chi connectivity index (χ0n) is 17.0. The standard InChI is InChI=1S/C25H26N2O/c1-17-10-11-24(18(2)14-17)28-16-23-25-22(12-13-26-23)19(3)20(4)27(25)15-21-8-6-5-7-9-21/h5-14H,15-16H2,1-4H3. The van der Waals surface area contributed by atoms with Gasteiger partial charge in [-0.15, -0.1) is 0 Å². The number of hydrogen-bond donors (Lipinski definition) is 0. The second kappa shape index (κ2) is 7.51. The molecule has 0 N–H and O–H groups in total. The maximum atomic E-state index is 6.16. The largest absolute Gasteiger partial charge is 0.487 e. The molecule has 3 nitrogen and oxygen atoms in total. The van der Waals surface area contributed by atoms with Crippen molar-refractivity contribution in [3.63, 3.8) is 0 Å². The van der Waals surface area contributed by atoms with Gasteiger partial charge in [0.15, 0.2) is 0 Å². The van der Waals surface area contributed by atoms with E-state index in [-0.39, 0.29) is 0 Å². The van der Waals surface area contributed by atoms with Crippen molar-refractivity contribution in [2.75, 3.05) is 0 Å². The van der Waals surface area contributed by atoms with Crippen LogP contribution in [0, 0.1) is 27.7 Å². The normalized spacial score (nSPS) is 11.1. The van der Waals surface area contributed by atoms with Crippen LogP contribution in [0.15, 0.2) is 60.8 Å². The molecule has 0 fully saturated rings. The molecule has 0 atom stereocenters. The Morgan fingerprint density at radius 3 is 2.46 bits per heavy atom. The van der Waals surface area contributed by atoms with Crippen LogP contribution < -0.4 is 4.74 Å². The van der Waals surface area contributed by atoms with Crippen LogP contribution in [0.5, 0.6) is 5.75 Å². The van der Waals surface area contributed by atoms with Gasteiger partial charge in [-0.1, -0.05) is 48.0 Å². The highest BCUT2D eigenvalue weighted by molar-refractivity contribution is 5.87. The summed E-state index contributed by atoms with van der Waals surface area (Å²) in [6.07, 6.45) is 1.89. The molecule has 4 aromatic rings. The fraction of sp³-hybridized carbons (Fsp3) is 0.240. The van der Waals surface area contributed by atoms with Gasteiger partial charge in [0.25, 0.3) is 0 Å². The molecular formula is C25H26N2O. The maximum absolute atomic E-state index is 6.16. The quantitative estimate of drug-likeness (QED) is 0.437.